The molecular formula is C14H24N4OS. The standard InChI is InChI=1S/C14H24N4OS/c1-8(2)7-16-14-17-12(15)11(20-14)13(19)18(4)9(3)10-5-6-10/h8-10H,5-7,15H2,1-4H3,(H,16,17). The number of amides is 1. The summed E-state index contributed by atoms with van der Waals surface area (Å²) in [5.74, 6) is 1.49. The van der Waals surface area contributed by atoms with Crippen LogP contribution in [-0.2, 0) is 0 Å². The number of aromatic nitrogens is 1. The molecule has 1 heterocycles. The second-order valence-corrected chi connectivity index (χ2v) is 7.00. The fourth-order valence-electron chi connectivity index (χ4n) is 2.09. The first-order valence-corrected chi connectivity index (χ1v) is 7.99. The van der Waals surface area contributed by atoms with Crippen molar-refractivity contribution in [3.63, 3.8) is 0 Å². The number of hydrogen-bond donors (Lipinski definition) is 2. The van der Waals surface area contributed by atoms with Crippen LogP contribution in [0.25, 0.3) is 0 Å². The summed E-state index contributed by atoms with van der Waals surface area (Å²) in [7, 11) is 1.85. The molecule has 1 atom stereocenters. The van der Waals surface area contributed by atoms with Gasteiger partial charge in [-0.25, -0.2) is 4.98 Å². The molecule has 1 aromatic rings. The molecule has 1 aliphatic rings. The number of thiazole rings is 1. The predicted octanol–water partition coefficient (Wildman–Crippen LogP) is 2.66. The fourth-order valence-corrected chi connectivity index (χ4v) is 2.97. The van der Waals surface area contributed by atoms with Gasteiger partial charge in [0.25, 0.3) is 5.91 Å². The lowest BCUT2D eigenvalue weighted by Gasteiger charge is -2.24. The van der Waals surface area contributed by atoms with E-state index in [1.165, 1.54) is 24.2 Å². The lowest BCUT2D eigenvalue weighted by Crippen LogP contribution is -2.36. The van der Waals surface area contributed by atoms with Crippen molar-refractivity contribution in [1.82, 2.24) is 9.88 Å². The number of nitrogens with two attached hydrogens (primary N) is 1. The van der Waals surface area contributed by atoms with Crippen molar-refractivity contribution in [1.29, 1.82) is 0 Å². The summed E-state index contributed by atoms with van der Waals surface area (Å²) in [6.45, 7) is 7.18. The Morgan fingerprint density at radius 2 is 2.15 bits per heavy atom. The molecule has 112 valence electrons. The molecule has 0 radical (unpaired) electrons. The highest BCUT2D eigenvalue weighted by molar-refractivity contribution is 7.18. The molecular weight excluding hydrogens is 272 g/mol. The zero-order valence-electron chi connectivity index (χ0n) is 12.6. The van der Waals surface area contributed by atoms with Gasteiger partial charge in [0.1, 0.15) is 10.7 Å². The Hall–Kier alpha value is -1.30. The Morgan fingerprint density at radius 3 is 2.70 bits per heavy atom. The van der Waals surface area contributed by atoms with Crippen LogP contribution in [0.4, 0.5) is 10.9 Å². The van der Waals surface area contributed by atoms with E-state index in [1.807, 2.05) is 7.05 Å². The first-order chi connectivity index (χ1) is 9.40. The molecule has 5 nitrogen and oxygen atoms in total. The van der Waals surface area contributed by atoms with Crippen LogP contribution in [0.1, 0.15) is 43.3 Å². The van der Waals surface area contributed by atoms with E-state index in [9.17, 15) is 4.79 Å². The third-order valence-corrected chi connectivity index (χ3v) is 4.76. The highest BCUT2D eigenvalue weighted by Crippen LogP contribution is 2.36. The van der Waals surface area contributed by atoms with Crippen LogP contribution in [0.15, 0.2) is 0 Å². The Bertz CT molecular complexity index is 482. The van der Waals surface area contributed by atoms with E-state index >= 15 is 0 Å². The number of anilines is 2. The minimum Gasteiger partial charge on any atom is -0.382 e. The zero-order chi connectivity index (χ0) is 14.9. The van der Waals surface area contributed by atoms with Gasteiger partial charge in [-0.2, -0.15) is 0 Å². The summed E-state index contributed by atoms with van der Waals surface area (Å²) >= 11 is 1.35. The maximum atomic E-state index is 12.5. The molecule has 1 fully saturated rings. The maximum absolute atomic E-state index is 12.5. The second kappa shape index (κ2) is 5.99. The number of carbonyl (C=O) groups is 1. The van der Waals surface area contributed by atoms with E-state index in [0.29, 0.717) is 22.5 Å². The topological polar surface area (TPSA) is 71.2 Å². The van der Waals surface area contributed by atoms with E-state index in [2.05, 4.69) is 31.1 Å². The van der Waals surface area contributed by atoms with Gasteiger partial charge < -0.3 is 16.0 Å². The van der Waals surface area contributed by atoms with Gasteiger partial charge in [0, 0.05) is 19.6 Å². The van der Waals surface area contributed by atoms with Gasteiger partial charge in [0.05, 0.1) is 0 Å². The van der Waals surface area contributed by atoms with Gasteiger partial charge in [-0.3, -0.25) is 4.79 Å². The lowest BCUT2D eigenvalue weighted by molar-refractivity contribution is 0.0733. The van der Waals surface area contributed by atoms with Crippen LogP contribution in [0, 0.1) is 11.8 Å². The molecule has 1 aliphatic carbocycles. The second-order valence-electron chi connectivity index (χ2n) is 6.00. The number of nitrogen functional groups attached to an aromatic ring is 1. The average molecular weight is 296 g/mol. The van der Waals surface area contributed by atoms with Gasteiger partial charge >= 0.3 is 0 Å². The molecule has 6 heteroatoms. The summed E-state index contributed by atoms with van der Waals surface area (Å²) in [6.07, 6.45) is 2.44. The van der Waals surface area contributed by atoms with Crippen LogP contribution in [0.3, 0.4) is 0 Å². The Labute approximate surface area is 124 Å². The molecule has 1 unspecified atom stereocenters. The van der Waals surface area contributed by atoms with Crippen molar-refractivity contribution in [2.24, 2.45) is 11.8 Å². The normalized spacial score (nSPS) is 16.2. The largest absolute Gasteiger partial charge is 0.382 e. The number of nitrogens with one attached hydrogen (secondary N) is 1. The van der Waals surface area contributed by atoms with E-state index in [0.717, 1.165) is 11.7 Å². The van der Waals surface area contributed by atoms with Crippen molar-refractivity contribution in [3.05, 3.63) is 4.88 Å². The van der Waals surface area contributed by atoms with Crippen LogP contribution in [0.2, 0.25) is 0 Å². The highest BCUT2D eigenvalue weighted by Gasteiger charge is 2.33. The molecule has 1 amide bonds. The van der Waals surface area contributed by atoms with E-state index in [-0.39, 0.29) is 11.9 Å². The molecule has 0 aliphatic heterocycles. The first-order valence-electron chi connectivity index (χ1n) is 7.17. The summed E-state index contributed by atoms with van der Waals surface area (Å²) in [6, 6.07) is 0.274. The third-order valence-electron chi connectivity index (χ3n) is 3.74. The molecule has 2 rings (SSSR count). The average Bonchev–Trinajstić information content (AvgIpc) is 3.17. The summed E-state index contributed by atoms with van der Waals surface area (Å²) in [5.41, 5.74) is 5.89. The minimum absolute atomic E-state index is 0.0167. The number of rotatable bonds is 6. The molecule has 20 heavy (non-hydrogen) atoms. The first kappa shape index (κ1) is 15.1. The van der Waals surface area contributed by atoms with Crippen molar-refractivity contribution in [3.8, 4) is 0 Å². The van der Waals surface area contributed by atoms with Crippen molar-refractivity contribution >= 4 is 28.2 Å². The van der Waals surface area contributed by atoms with Gasteiger partial charge in [-0.1, -0.05) is 25.2 Å². The maximum Gasteiger partial charge on any atom is 0.267 e. The van der Waals surface area contributed by atoms with E-state index in [4.69, 9.17) is 5.73 Å². The molecule has 0 bridgehead atoms. The highest BCUT2D eigenvalue weighted by atomic mass is 32.1. The van der Waals surface area contributed by atoms with Crippen molar-refractivity contribution in [2.75, 3.05) is 24.6 Å². The molecule has 0 aromatic carbocycles. The van der Waals surface area contributed by atoms with Crippen LogP contribution in [0.5, 0.6) is 0 Å². The lowest BCUT2D eigenvalue weighted by atomic mass is 10.2. The predicted molar refractivity (Wildman–Crippen MR) is 84.1 cm³/mol. The van der Waals surface area contributed by atoms with Crippen molar-refractivity contribution in [2.45, 2.75) is 39.7 Å². The Balaban J connectivity index is 2.05. The summed E-state index contributed by atoms with van der Waals surface area (Å²) in [4.78, 5) is 19.1. The fraction of sp³-hybridized carbons (Fsp3) is 0.714. The summed E-state index contributed by atoms with van der Waals surface area (Å²) in [5, 5.41) is 3.95. The van der Waals surface area contributed by atoms with Gasteiger partial charge in [0.15, 0.2) is 5.13 Å². The molecule has 1 aromatic heterocycles. The zero-order valence-corrected chi connectivity index (χ0v) is 13.5. The smallest absolute Gasteiger partial charge is 0.267 e. The van der Waals surface area contributed by atoms with Gasteiger partial charge in [0.2, 0.25) is 0 Å². The quantitative estimate of drug-likeness (QED) is 0.846. The molecule has 1 saturated carbocycles. The van der Waals surface area contributed by atoms with Crippen LogP contribution >= 0.6 is 11.3 Å². The van der Waals surface area contributed by atoms with Crippen molar-refractivity contribution < 1.29 is 4.79 Å². The SMILES string of the molecule is CC(C)CNc1nc(N)c(C(=O)N(C)C(C)C2CC2)s1. The van der Waals surface area contributed by atoms with Gasteiger partial charge in [-0.05, 0) is 31.6 Å². The van der Waals surface area contributed by atoms with Crippen LogP contribution < -0.4 is 11.1 Å². The number of nitrogens with zero attached hydrogens (tertiary/aromatic N) is 2. The third kappa shape index (κ3) is 3.42. The monoisotopic (exact) mass is 296 g/mol. The molecule has 3 N–H and O–H groups in total. The Morgan fingerprint density at radius 1 is 1.50 bits per heavy atom. The number of carbonyl (C=O) groups excluding carboxylic acids is 1. The van der Waals surface area contributed by atoms with Crippen LogP contribution in [-0.4, -0.2) is 35.4 Å². The molecule has 0 spiro atoms. The molecule has 0 saturated heterocycles. The minimum atomic E-state index is -0.0167. The summed E-state index contributed by atoms with van der Waals surface area (Å²) < 4.78 is 0. The van der Waals surface area contributed by atoms with Gasteiger partial charge in [-0.15, -0.1) is 0 Å². The Kier molecular flexibility index (Phi) is 4.52. The van der Waals surface area contributed by atoms with E-state index in [1.54, 1.807) is 4.90 Å². The number of hydrogen-bond acceptors (Lipinski definition) is 5. The van der Waals surface area contributed by atoms with E-state index < -0.39 is 0 Å².